The van der Waals surface area contributed by atoms with E-state index in [9.17, 15) is 20.2 Å². The number of nitro groups is 1. The molecular weight excluding hydrogens is 532 g/mol. The first-order valence-electron chi connectivity index (χ1n) is 13.6. The normalized spacial score (nSPS) is 17.0. The third-order valence-electron chi connectivity index (χ3n) is 8.05. The lowest BCUT2D eigenvalue weighted by molar-refractivity contribution is -0.384. The van der Waals surface area contributed by atoms with Crippen molar-refractivity contribution >= 4 is 28.9 Å². The summed E-state index contributed by atoms with van der Waals surface area (Å²) in [6.07, 6.45) is 1.62. The van der Waals surface area contributed by atoms with Crippen LogP contribution in [0, 0.1) is 49.1 Å². The number of anilines is 1. The summed E-state index contributed by atoms with van der Waals surface area (Å²) in [5, 5.41) is 22.1. The zero-order chi connectivity index (χ0) is 29.4. The molecule has 1 aliphatic heterocycles. The summed E-state index contributed by atoms with van der Waals surface area (Å²) < 4.78 is 0. The molecule has 208 valence electrons. The minimum atomic E-state index is -0.597. The minimum Gasteiger partial charge on any atom is -0.384 e. The highest BCUT2D eigenvalue weighted by Gasteiger charge is 2.41. The number of carbonyl (C=O) groups excluding carboxylic acids is 1. The largest absolute Gasteiger partial charge is 0.384 e. The molecule has 2 N–H and O–H groups in total. The third kappa shape index (κ3) is 5.14. The summed E-state index contributed by atoms with van der Waals surface area (Å²) in [5.41, 5.74) is 14.9. The number of hydrogen-bond acceptors (Lipinski definition) is 7. The topological polar surface area (TPSA) is 113 Å². The van der Waals surface area contributed by atoms with E-state index in [2.05, 4.69) is 44.2 Å². The van der Waals surface area contributed by atoms with Crippen LogP contribution in [0.4, 0.5) is 11.4 Å². The van der Waals surface area contributed by atoms with Crippen LogP contribution in [0.25, 0.3) is 0 Å². The lowest BCUT2D eigenvalue weighted by atomic mass is 9.73. The van der Waals surface area contributed by atoms with E-state index < -0.39 is 10.8 Å². The van der Waals surface area contributed by atoms with Crippen molar-refractivity contribution in [1.82, 2.24) is 0 Å². The highest BCUT2D eigenvalue weighted by atomic mass is 32.2. The predicted octanol–water partition coefficient (Wildman–Crippen LogP) is 7.43. The molecule has 3 aromatic carbocycles. The van der Waals surface area contributed by atoms with E-state index in [0.29, 0.717) is 30.5 Å². The van der Waals surface area contributed by atoms with E-state index in [0.717, 1.165) is 39.3 Å². The molecule has 0 spiro atoms. The SMILES string of the molecule is Cc1cc(CSc2ccccc2C)c(C)c(C2C(C#N)=C(N)N(c3cc([N+](=O)[O-])ccc3C)C3=C2C(=O)CCC3)c1. The number of allylic oxidation sites excluding steroid dienone is 3. The Morgan fingerprint density at radius 3 is 2.54 bits per heavy atom. The number of hydrogen-bond donors (Lipinski definition) is 1. The second-order valence-corrected chi connectivity index (χ2v) is 11.8. The minimum absolute atomic E-state index is 0.0127. The summed E-state index contributed by atoms with van der Waals surface area (Å²) in [6.45, 7) is 8.03. The smallest absolute Gasteiger partial charge is 0.271 e. The number of Topliss-reactive ketones (excluding diaryl/α,β-unsaturated/α-hetero) is 1. The molecule has 3 aromatic rings. The number of nitro benzene ring substituents is 1. The molecule has 1 heterocycles. The van der Waals surface area contributed by atoms with Crippen LogP contribution in [-0.2, 0) is 10.5 Å². The standard InChI is InChI=1S/C33H32N4O3S/c1-19-14-23(18-41-30-11-6-5-8-21(30)3)22(4)25(15-19)31-26(17-34)33(35)36(27-9-7-10-29(38)32(27)31)28-16-24(37(39)40)13-12-20(28)2/h5-6,8,11-16,31H,7,9-10,18,35H2,1-4H3. The highest BCUT2D eigenvalue weighted by molar-refractivity contribution is 7.98. The van der Waals surface area contributed by atoms with Crippen molar-refractivity contribution in [2.75, 3.05) is 4.90 Å². The van der Waals surface area contributed by atoms with Gasteiger partial charge < -0.3 is 5.73 Å². The zero-order valence-electron chi connectivity index (χ0n) is 23.7. The molecule has 0 amide bonds. The molecule has 0 saturated carbocycles. The van der Waals surface area contributed by atoms with Crippen LogP contribution in [0.1, 0.15) is 58.6 Å². The third-order valence-corrected chi connectivity index (χ3v) is 9.27. The van der Waals surface area contributed by atoms with Gasteiger partial charge in [0.05, 0.1) is 28.2 Å². The van der Waals surface area contributed by atoms with Gasteiger partial charge in [0.25, 0.3) is 5.69 Å². The van der Waals surface area contributed by atoms with Gasteiger partial charge in [-0.15, -0.1) is 11.8 Å². The van der Waals surface area contributed by atoms with Crippen molar-refractivity contribution in [3.05, 3.63) is 121 Å². The molecule has 1 aliphatic carbocycles. The first kappa shape index (κ1) is 28.2. The van der Waals surface area contributed by atoms with Gasteiger partial charge in [0.2, 0.25) is 0 Å². The summed E-state index contributed by atoms with van der Waals surface area (Å²) in [7, 11) is 0. The van der Waals surface area contributed by atoms with Gasteiger partial charge in [-0.3, -0.25) is 19.8 Å². The van der Waals surface area contributed by atoms with Crippen LogP contribution in [0.5, 0.6) is 0 Å². The number of nitrogens with zero attached hydrogens (tertiary/aromatic N) is 3. The fourth-order valence-corrected chi connectivity index (χ4v) is 6.99. The van der Waals surface area contributed by atoms with Gasteiger partial charge in [-0.25, -0.2) is 0 Å². The number of benzene rings is 3. The Kier molecular flexibility index (Phi) is 7.74. The maximum atomic E-state index is 13.7. The monoisotopic (exact) mass is 564 g/mol. The van der Waals surface area contributed by atoms with Crippen molar-refractivity contribution in [1.29, 1.82) is 5.26 Å². The Bertz CT molecular complexity index is 1700. The molecule has 0 radical (unpaired) electrons. The van der Waals surface area contributed by atoms with E-state index in [1.807, 2.05) is 26.0 Å². The van der Waals surface area contributed by atoms with Gasteiger partial charge in [-0.05, 0) is 74.4 Å². The number of thioether (sulfide) groups is 1. The van der Waals surface area contributed by atoms with Crippen LogP contribution >= 0.6 is 11.8 Å². The second-order valence-electron chi connectivity index (χ2n) is 10.7. The maximum Gasteiger partial charge on any atom is 0.271 e. The lowest BCUT2D eigenvalue weighted by Gasteiger charge is -2.40. The fourth-order valence-electron chi connectivity index (χ4n) is 5.91. The lowest BCUT2D eigenvalue weighted by Crippen LogP contribution is -2.39. The van der Waals surface area contributed by atoms with Crippen LogP contribution in [0.15, 0.2) is 82.2 Å². The van der Waals surface area contributed by atoms with E-state index >= 15 is 0 Å². The average molecular weight is 565 g/mol. The summed E-state index contributed by atoms with van der Waals surface area (Å²) in [6, 6.07) is 19.4. The number of ketones is 1. The van der Waals surface area contributed by atoms with Gasteiger partial charge in [0.15, 0.2) is 5.78 Å². The molecular formula is C33H32N4O3S. The van der Waals surface area contributed by atoms with Crippen molar-refractivity contribution in [3.63, 3.8) is 0 Å². The predicted molar refractivity (Wildman–Crippen MR) is 162 cm³/mol. The number of rotatable bonds is 6. The number of nitrogens with two attached hydrogens (primary N) is 1. The maximum absolute atomic E-state index is 13.7. The Balaban J connectivity index is 1.67. The first-order chi connectivity index (χ1) is 19.6. The van der Waals surface area contributed by atoms with Gasteiger partial charge in [-0.2, -0.15) is 5.26 Å². The van der Waals surface area contributed by atoms with Crippen molar-refractivity contribution in [3.8, 4) is 6.07 Å². The van der Waals surface area contributed by atoms with Gasteiger partial charge in [0.1, 0.15) is 5.82 Å². The van der Waals surface area contributed by atoms with Crippen LogP contribution in [-0.4, -0.2) is 10.7 Å². The number of non-ortho nitro benzene ring substituents is 1. The van der Waals surface area contributed by atoms with Crippen LogP contribution in [0.2, 0.25) is 0 Å². The van der Waals surface area contributed by atoms with E-state index in [4.69, 9.17) is 5.73 Å². The van der Waals surface area contributed by atoms with Gasteiger partial charge in [-0.1, -0.05) is 42.0 Å². The van der Waals surface area contributed by atoms with Gasteiger partial charge >= 0.3 is 0 Å². The molecule has 0 saturated heterocycles. The quantitative estimate of drug-likeness (QED) is 0.188. The summed E-state index contributed by atoms with van der Waals surface area (Å²) >= 11 is 1.77. The van der Waals surface area contributed by atoms with E-state index in [-0.39, 0.29) is 22.9 Å². The Morgan fingerprint density at radius 1 is 1.07 bits per heavy atom. The number of nitriles is 1. The first-order valence-corrected chi connectivity index (χ1v) is 14.6. The second kappa shape index (κ2) is 11.3. The number of aryl methyl sites for hydroxylation is 3. The summed E-state index contributed by atoms with van der Waals surface area (Å²) in [5.74, 6) is 0.352. The highest BCUT2D eigenvalue weighted by Crippen LogP contribution is 2.48. The van der Waals surface area contributed by atoms with Crippen molar-refractivity contribution < 1.29 is 9.72 Å². The molecule has 41 heavy (non-hydrogen) atoms. The van der Waals surface area contributed by atoms with Gasteiger partial charge in [0, 0.05) is 40.5 Å². The van der Waals surface area contributed by atoms with Crippen molar-refractivity contribution in [2.24, 2.45) is 5.73 Å². The van der Waals surface area contributed by atoms with Crippen LogP contribution in [0.3, 0.4) is 0 Å². The molecule has 8 heteroatoms. The number of carbonyl (C=O) groups is 1. The summed E-state index contributed by atoms with van der Waals surface area (Å²) in [4.78, 5) is 27.8. The fraction of sp³-hybridized carbons (Fsp3) is 0.273. The molecule has 0 aromatic heterocycles. The Labute approximate surface area is 244 Å². The molecule has 0 bridgehead atoms. The average Bonchev–Trinajstić information content (AvgIpc) is 2.94. The Morgan fingerprint density at radius 2 is 1.83 bits per heavy atom. The zero-order valence-corrected chi connectivity index (χ0v) is 24.5. The van der Waals surface area contributed by atoms with E-state index in [1.165, 1.54) is 22.6 Å². The molecule has 1 unspecified atom stereocenters. The molecule has 5 rings (SSSR count). The van der Waals surface area contributed by atoms with Crippen LogP contribution < -0.4 is 10.6 Å². The Hall–Kier alpha value is -4.35. The molecule has 7 nitrogen and oxygen atoms in total. The molecule has 2 aliphatic rings. The van der Waals surface area contributed by atoms with E-state index in [1.54, 1.807) is 22.7 Å². The molecule has 1 atom stereocenters. The van der Waals surface area contributed by atoms with Crippen molar-refractivity contribution in [2.45, 2.75) is 63.5 Å². The molecule has 0 fully saturated rings.